The predicted molar refractivity (Wildman–Crippen MR) is 262 cm³/mol. The first-order valence-corrected chi connectivity index (χ1v) is 21.3. The number of benzene rings is 9. The van der Waals surface area contributed by atoms with E-state index in [1.54, 1.807) is 0 Å². The van der Waals surface area contributed by atoms with Gasteiger partial charge in [0.1, 0.15) is 5.58 Å². The van der Waals surface area contributed by atoms with Gasteiger partial charge in [-0.05, 0) is 82.8 Å². The molecule has 2 heterocycles. The predicted octanol–water partition coefficient (Wildman–Crippen LogP) is 16.5. The van der Waals surface area contributed by atoms with E-state index in [1.807, 2.05) is 6.07 Å². The summed E-state index contributed by atoms with van der Waals surface area (Å²) in [5, 5.41) is 8.67. The second-order valence-corrected chi connectivity index (χ2v) is 17.1. The van der Waals surface area contributed by atoms with E-state index in [1.165, 1.54) is 27.4 Å². The average Bonchev–Trinajstić information content (AvgIpc) is 3.86. The van der Waals surface area contributed by atoms with Gasteiger partial charge in [0.15, 0.2) is 5.58 Å². The monoisotopic (exact) mass is 799 g/mol. The van der Waals surface area contributed by atoms with Crippen molar-refractivity contribution < 1.29 is 4.42 Å². The van der Waals surface area contributed by atoms with Crippen LogP contribution in [0.2, 0.25) is 0 Å². The minimum Gasteiger partial charge on any atom is -0.454 e. The number of nitrogens with zero attached hydrogens (tertiary/aromatic N) is 2. The smallest absolute Gasteiger partial charge is 0.159 e. The Morgan fingerprint density at radius 2 is 1.03 bits per heavy atom. The highest BCUT2D eigenvalue weighted by molar-refractivity contribution is 6.11. The number of anilines is 5. The lowest BCUT2D eigenvalue weighted by molar-refractivity contribution is 0.590. The SMILES string of the molecule is CC(C)(C)c1cc(Nc2c(-c3ccccc3)cccc2-c2ccccc2)cc(N(c2cccc(-n3c4ccccc4c4ccccc43)c2)c2cccc3c2oc2ccccc23)c1. The number of para-hydroxylation sites is 5. The zero-order chi connectivity index (χ0) is 41.8. The molecule has 4 heteroatoms. The van der Waals surface area contributed by atoms with E-state index in [9.17, 15) is 0 Å². The summed E-state index contributed by atoms with van der Waals surface area (Å²) in [7, 11) is 0. The molecular formula is C58H45N3O. The van der Waals surface area contributed by atoms with Gasteiger partial charge in [0.2, 0.25) is 0 Å². The summed E-state index contributed by atoms with van der Waals surface area (Å²) in [6, 6.07) is 76.0. The van der Waals surface area contributed by atoms with Crippen molar-refractivity contribution in [1.29, 1.82) is 0 Å². The lowest BCUT2D eigenvalue weighted by Gasteiger charge is -2.30. The van der Waals surface area contributed by atoms with Gasteiger partial charge in [-0.1, -0.05) is 172 Å². The van der Waals surface area contributed by atoms with Crippen LogP contribution in [0.5, 0.6) is 0 Å². The third-order valence-corrected chi connectivity index (χ3v) is 12.1. The molecule has 9 aromatic carbocycles. The van der Waals surface area contributed by atoms with Crippen LogP contribution in [0.25, 0.3) is 71.7 Å². The van der Waals surface area contributed by atoms with Crippen molar-refractivity contribution in [3.05, 3.63) is 218 Å². The molecule has 0 radical (unpaired) electrons. The Morgan fingerprint density at radius 1 is 0.468 bits per heavy atom. The first kappa shape index (κ1) is 37.2. The third-order valence-electron chi connectivity index (χ3n) is 12.1. The quantitative estimate of drug-likeness (QED) is 0.166. The molecule has 0 bridgehead atoms. The van der Waals surface area contributed by atoms with Crippen LogP contribution in [-0.2, 0) is 5.41 Å². The van der Waals surface area contributed by atoms with Gasteiger partial charge in [0.25, 0.3) is 0 Å². The van der Waals surface area contributed by atoms with E-state index < -0.39 is 0 Å². The Labute approximate surface area is 361 Å². The number of rotatable bonds is 8. The molecule has 0 atom stereocenters. The number of hydrogen-bond acceptors (Lipinski definition) is 3. The normalized spacial score (nSPS) is 11.8. The second kappa shape index (κ2) is 15.0. The van der Waals surface area contributed by atoms with Crippen LogP contribution in [0.1, 0.15) is 26.3 Å². The number of nitrogens with one attached hydrogen (secondary N) is 1. The standard InChI is InChI=1S/C58H45N3O/c1-58(2,3)41-35-42(59-56-46(39-19-6-4-7-20-39)28-17-29-47(56)40-21-8-5-9-22-40)37-45(36-41)60(54-33-18-30-51-50-27-12-15-34-55(50)62-57(51)54)43-23-16-24-44(38-43)61-52-31-13-10-25-48(52)49-26-11-14-32-53(49)61/h4-38,59H,1-3H3. The molecule has 11 aromatic rings. The molecule has 0 fully saturated rings. The minimum absolute atomic E-state index is 0.171. The van der Waals surface area contributed by atoms with Crippen molar-refractivity contribution >= 4 is 72.2 Å². The van der Waals surface area contributed by atoms with Crippen molar-refractivity contribution in [2.75, 3.05) is 10.2 Å². The maximum atomic E-state index is 6.82. The summed E-state index contributed by atoms with van der Waals surface area (Å²) in [5.74, 6) is 0. The molecule has 0 aliphatic heterocycles. The zero-order valence-electron chi connectivity index (χ0n) is 35.0. The summed E-state index contributed by atoms with van der Waals surface area (Å²) < 4.78 is 9.20. The van der Waals surface area contributed by atoms with E-state index in [4.69, 9.17) is 4.42 Å². The van der Waals surface area contributed by atoms with Gasteiger partial charge in [0, 0.05) is 55.4 Å². The van der Waals surface area contributed by atoms with Crippen LogP contribution in [0.15, 0.2) is 217 Å². The van der Waals surface area contributed by atoms with Crippen LogP contribution < -0.4 is 10.2 Å². The largest absolute Gasteiger partial charge is 0.454 e. The Hall–Kier alpha value is -7.82. The Morgan fingerprint density at radius 3 is 1.69 bits per heavy atom. The van der Waals surface area contributed by atoms with E-state index in [2.05, 4.69) is 242 Å². The maximum absolute atomic E-state index is 6.82. The molecule has 0 aliphatic rings. The number of aromatic nitrogens is 1. The fourth-order valence-corrected chi connectivity index (χ4v) is 9.10. The third kappa shape index (κ3) is 6.48. The van der Waals surface area contributed by atoms with Crippen LogP contribution in [-0.4, -0.2) is 4.57 Å². The lowest BCUT2D eigenvalue weighted by Crippen LogP contribution is -2.15. The van der Waals surface area contributed by atoms with E-state index >= 15 is 0 Å². The molecule has 298 valence electrons. The van der Waals surface area contributed by atoms with E-state index in [-0.39, 0.29) is 5.41 Å². The Kier molecular flexibility index (Phi) is 9.01. The summed E-state index contributed by atoms with van der Waals surface area (Å²) >= 11 is 0. The number of fused-ring (bicyclic) bond motifs is 6. The first-order chi connectivity index (χ1) is 30.4. The van der Waals surface area contributed by atoms with Gasteiger partial charge in [-0.3, -0.25) is 0 Å². The topological polar surface area (TPSA) is 33.3 Å². The fraction of sp³-hybridized carbons (Fsp3) is 0.0690. The minimum atomic E-state index is -0.171. The number of hydrogen-bond donors (Lipinski definition) is 1. The molecule has 62 heavy (non-hydrogen) atoms. The zero-order valence-corrected chi connectivity index (χ0v) is 35.0. The van der Waals surface area contributed by atoms with Gasteiger partial charge >= 0.3 is 0 Å². The van der Waals surface area contributed by atoms with E-state index in [0.29, 0.717) is 0 Å². The highest BCUT2D eigenvalue weighted by Crippen LogP contribution is 2.46. The molecule has 2 aromatic heterocycles. The van der Waals surface area contributed by atoms with Crippen LogP contribution in [0.4, 0.5) is 28.4 Å². The fourth-order valence-electron chi connectivity index (χ4n) is 9.10. The highest BCUT2D eigenvalue weighted by Gasteiger charge is 2.24. The van der Waals surface area contributed by atoms with Gasteiger partial charge in [-0.15, -0.1) is 0 Å². The first-order valence-electron chi connectivity index (χ1n) is 21.3. The molecule has 0 amide bonds. The van der Waals surface area contributed by atoms with Crippen molar-refractivity contribution in [3.63, 3.8) is 0 Å². The van der Waals surface area contributed by atoms with Crippen LogP contribution in [0.3, 0.4) is 0 Å². The Balaban J connectivity index is 1.16. The molecule has 0 aliphatic carbocycles. The summed E-state index contributed by atoms with van der Waals surface area (Å²) in [5.41, 5.74) is 15.8. The molecule has 0 saturated heterocycles. The summed E-state index contributed by atoms with van der Waals surface area (Å²) in [6.07, 6.45) is 0. The van der Waals surface area contributed by atoms with Crippen molar-refractivity contribution in [1.82, 2.24) is 4.57 Å². The molecule has 4 nitrogen and oxygen atoms in total. The second-order valence-electron chi connectivity index (χ2n) is 17.1. The summed E-state index contributed by atoms with van der Waals surface area (Å²) in [4.78, 5) is 2.38. The summed E-state index contributed by atoms with van der Waals surface area (Å²) in [6.45, 7) is 6.86. The van der Waals surface area contributed by atoms with Crippen LogP contribution >= 0.6 is 0 Å². The molecule has 1 N–H and O–H groups in total. The van der Waals surface area contributed by atoms with Gasteiger partial charge in [-0.2, -0.15) is 0 Å². The van der Waals surface area contributed by atoms with Gasteiger partial charge in [0.05, 0.1) is 22.4 Å². The molecule has 11 rings (SSSR count). The van der Waals surface area contributed by atoms with E-state index in [0.717, 1.165) is 78.3 Å². The van der Waals surface area contributed by atoms with Gasteiger partial charge in [-0.25, -0.2) is 0 Å². The molecule has 0 spiro atoms. The van der Waals surface area contributed by atoms with Crippen LogP contribution in [0, 0.1) is 0 Å². The van der Waals surface area contributed by atoms with Crippen molar-refractivity contribution in [3.8, 4) is 27.9 Å². The molecule has 0 saturated carbocycles. The highest BCUT2D eigenvalue weighted by atomic mass is 16.3. The van der Waals surface area contributed by atoms with Crippen molar-refractivity contribution in [2.24, 2.45) is 0 Å². The lowest BCUT2D eigenvalue weighted by atomic mass is 9.86. The average molecular weight is 800 g/mol. The molecular weight excluding hydrogens is 755 g/mol. The Bertz CT molecular complexity index is 3320. The molecule has 0 unspecified atom stereocenters. The number of furan rings is 1. The van der Waals surface area contributed by atoms with Crippen molar-refractivity contribution in [2.45, 2.75) is 26.2 Å². The maximum Gasteiger partial charge on any atom is 0.159 e. The van der Waals surface area contributed by atoms with Gasteiger partial charge < -0.3 is 19.2 Å².